The number of carboxylic acids is 1. The summed E-state index contributed by atoms with van der Waals surface area (Å²) in [5, 5.41) is 24.8. The van der Waals surface area contributed by atoms with Gasteiger partial charge < -0.3 is 25.4 Å². The summed E-state index contributed by atoms with van der Waals surface area (Å²) in [4.78, 5) is 27.4. The first kappa shape index (κ1) is 29.5. The van der Waals surface area contributed by atoms with Crippen molar-refractivity contribution in [2.24, 2.45) is 18.9 Å². The van der Waals surface area contributed by atoms with Gasteiger partial charge in [-0.1, -0.05) is 33.8 Å². The van der Waals surface area contributed by atoms with E-state index in [1.807, 2.05) is 16.9 Å². The molecule has 1 aromatic carbocycles. The van der Waals surface area contributed by atoms with Crippen LogP contribution in [-0.2, 0) is 13.6 Å². The summed E-state index contributed by atoms with van der Waals surface area (Å²) in [5.74, 6) is 1.27. The van der Waals surface area contributed by atoms with Crippen molar-refractivity contribution in [2.45, 2.75) is 34.2 Å². The number of aromatic nitrogens is 7. The van der Waals surface area contributed by atoms with E-state index in [4.69, 9.17) is 4.74 Å². The van der Waals surface area contributed by atoms with E-state index in [1.165, 1.54) is 13.3 Å². The fraction of sp³-hybridized carbons (Fsp3) is 0.429. The van der Waals surface area contributed by atoms with Gasteiger partial charge in [-0.25, -0.2) is 14.8 Å². The molecule has 0 unspecified atom stereocenters. The number of para-hydroxylation sites is 1. The van der Waals surface area contributed by atoms with Crippen LogP contribution < -0.4 is 15.4 Å². The molecule has 0 saturated heterocycles. The molecular formula is C28H38N10O3. The molecule has 3 aromatic heterocycles. The van der Waals surface area contributed by atoms with Gasteiger partial charge in [-0.2, -0.15) is 15.2 Å². The summed E-state index contributed by atoms with van der Waals surface area (Å²) in [6, 6.07) is 5.39. The first-order valence-corrected chi connectivity index (χ1v) is 13.5. The number of hydrogen-bond acceptors (Lipinski definition) is 10. The lowest BCUT2D eigenvalue weighted by Crippen LogP contribution is -2.34. The first-order chi connectivity index (χ1) is 19.6. The number of ether oxygens (including phenoxy) is 1. The molecule has 0 fully saturated rings. The quantitative estimate of drug-likeness (QED) is 0.202. The molecule has 0 spiro atoms. The maximum atomic E-state index is 12.0. The largest absolute Gasteiger partial charge is 0.494 e. The van der Waals surface area contributed by atoms with Crippen LogP contribution >= 0.6 is 0 Å². The zero-order chi connectivity index (χ0) is 29.5. The van der Waals surface area contributed by atoms with Crippen LogP contribution in [0, 0.1) is 11.8 Å². The van der Waals surface area contributed by atoms with Crippen LogP contribution in [-0.4, -0.2) is 77.2 Å². The van der Waals surface area contributed by atoms with Crippen LogP contribution in [0.25, 0.3) is 11.4 Å². The number of nitrogens with zero attached hydrogens (tertiary/aromatic N) is 8. The van der Waals surface area contributed by atoms with Crippen LogP contribution in [0.1, 0.15) is 38.1 Å². The molecule has 4 rings (SSSR count). The SMILES string of the molecule is COc1c(Nc2nc(Nc3cnn(CCN(CC(C)C)CC(C)C)c3)ncc2C(=O)O)cccc1-c1ncn(C)n1. The number of aromatic carboxylic acids is 1. The standard InChI is InChI=1S/C28H38N10O3/c1-18(2)14-37(15-19(3)4)10-11-38-16-20(12-31-38)32-28-29-13-22(27(39)40)26(34-28)33-23-9-7-8-21(24(23)41-6)25-30-17-36(5)35-25/h7-9,12-13,16-19H,10-11,14-15H2,1-6H3,(H,39,40)(H2,29,32,33,34). The highest BCUT2D eigenvalue weighted by molar-refractivity contribution is 5.94. The van der Waals surface area contributed by atoms with Gasteiger partial charge in [0.25, 0.3) is 0 Å². The van der Waals surface area contributed by atoms with Gasteiger partial charge in [0.05, 0.1) is 36.8 Å². The molecule has 0 radical (unpaired) electrons. The molecule has 4 aromatic rings. The molecule has 41 heavy (non-hydrogen) atoms. The van der Waals surface area contributed by atoms with Gasteiger partial charge in [0.15, 0.2) is 17.4 Å². The molecule has 0 aliphatic heterocycles. The normalized spacial score (nSPS) is 11.4. The molecule has 0 aliphatic carbocycles. The summed E-state index contributed by atoms with van der Waals surface area (Å²) in [6.07, 6.45) is 6.44. The number of carboxylic acid groups (broad SMARTS) is 1. The third-order valence-corrected chi connectivity index (χ3v) is 6.11. The summed E-state index contributed by atoms with van der Waals surface area (Å²) in [6.45, 7) is 12.6. The van der Waals surface area contributed by atoms with Gasteiger partial charge in [-0.3, -0.25) is 9.36 Å². The van der Waals surface area contributed by atoms with Crippen molar-refractivity contribution in [3.05, 3.63) is 48.7 Å². The minimum Gasteiger partial charge on any atom is -0.494 e. The van der Waals surface area contributed by atoms with E-state index >= 15 is 0 Å². The molecular weight excluding hydrogens is 524 g/mol. The lowest BCUT2D eigenvalue weighted by Gasteiger charge is -2.25. The minimum absolute atomic E-state index is 0.0925. The second-order valence-corrected chi connectivity index (χ2v) is 10.7. The monoisotopic (exact) mass is 562 g/mol. The summed E-state index contributed by atoms with van der Waals surface area (Å²) >= 11 is 0. The Kier molecular flexibility index (Phi) is 9.50. The van der Waals surface area contributed by atoms with Crippen LogP contribution in [0.5, 0.6) is 5.75 Å². The van der Waals surface area contributed by atoms with E-state index in [1.54, 1.807) is 36.4 Å². The lowest BCUT2D eigenvalue weighted by atomic mass is 10.1. The van der Waals surface area contributed by atoms with Gasteiger partial charge >= 0.3 is 5.97 Å². The molecule has 218 valence electrons. The Labute approximate surface area is 239 Å². The Morgan fingerprint density at radius 3 is 2.49 bits per heavy atom. The average molecular weight is 563 g/mol. The van der Waals surface area contributed by atoms with Crippen molar-refractivity contribution >= 4 is 29.1 Å². The van der Waals surface area contributed by atoms with Crippen molar-refractivity contribution in [3.63, 3.8) is 0 Å². The molecule has 13 heteroatoms. The highest BCUT2D eigenvalue weighted by Crippen LogP contribution is 2.36. The van der Waals surface area contributed by atoms with Gasteiger partial charge in [-0.15, -0.1) is 0 Å². The van der Waals surface area contributed by atoms with Crippen molar-refractivity contribution in [2.75, 3.05) is 37.4 Å². The van der Waals surface area contributed by atoms with Gasteiger partial charge in [0.2, 0.25) is 5.95 Å². The highest BCUT2D eigenvalue weighted by atomic mass is 16.5. The predicted molar refractivity (Wildman–Crippen MR) is 157 cm³/mol. The number of rotatable bonds is 14. The molecule has 0 aliphatic rings. The number of carbonyl (C=O) groups is 1. The number of benzene rings is 1. The topological polar surface area (TPSA) is 148 Å². The smallest absolute Gasteiger partial charge is 0.341 e. The fourth-order valence-electron chi connectivity index (χ4n) is 4.53. The van der Waals surface area contributed by atoms with E-state index in [2.05, 4.69) is 68.4 Å². The molecule has 0 bridgehead atoms. The maximum absolute atomic E-state index is 12.0. The second kappa shape index (κ2) is 13.2. The molecule has 3 heterocycles. The molecule has 0 atom stereocenters. The third kappa shape index (κ3) is 7.78. The molecule has 3 N–H and O–H groups in total. The Balaban J connectivity index is 1.52. The average Bonchev–Trinajstić information content (AvgIpc) is 3.55. The van der Waals surface area contributed by atoms with Gasteiger partial charge in [0, 0.05) is 39.1 Å². The van der Waals surface area contributed by atoms with Crippen molar-refractivity contribution in [1.29, 1.82) is 0 Å². The number of nitrogens with one attached hydrogen (secondary N) is 2. The van der Waals surface area contributed by atoms with E-state index < -0.39 is 5.97 Å². The third-order valence-electron chi connectivity index (χ3n) is 6.11. The Morgan fingerprint density at radius 2 is 1.85 bits per heavy atom. The number of hydrogen-bond donors (Lipinski definition) is 3. The summed E-state index contributed by atoms with van der Waals surface area (Å²) in [7, 11) is 3.30. The Bertz CT molecular complexity index is 1450. The highest BCUT2D eigenvalue weighted by Gasteiger charge is 2.19. The van der Waals surface area contributed by atoms with Crippen LogP contribution in [0.4, 0.5) is 23.1 Å². The molecule has 13 nitrogen and oxygen atoms in total. The van der Waals surface area contributed by atoms with Gasteiger partial charge in [-0.05, 0) is 24.0 Å². The van der Waals surface area contributed by atoms with E-state index in [-0.39, 0.29) is 17.3 Å². The predicted octanol–water partition coefficient (Wildman–Crippen LogP) is 4.28. The lowest BCUT2D eigenvalue weighted by molar-refractivity contribution is 0.0697. The van der Waals surface area contributed by atoms with E-state index in [9.17, 15) is 9.90 Å². The minimum atomic E-state index is -1.17. The Morgan fingerprint density at radius 1 is 1.10 bits per heavy atom. The number of methoxy groups -OCH3 is 1. The fourth-order valence-corrected chi connectivity index (χ4v) is 4.53. The summed E-state index contributed by atoms with van der Waals surface area (Å²) in [5.41, 5.74) is 1.75. The van der Waals surface area contributed by atoms with Crippen LogP contribution in [0.3, 0.4) is 0 Å². The van der Waals surface area contributed by atoms with E-state index in [0.717, 1.165) is 26.2 Å². The number of aryl methyl sites for hydroxylation is 1. The van der Waals surface area contributed by atoms with Crippen molar-refractivity contribution < 1.29 is 14.6 Å². The zero-order valence-corrected chi connectivity index (χ0v) is 24.4. The Hall–Kier alpha value is -4.52. The zero-order valence-electron chi connectivity index (χ0n) is 24.4. The van der Waals surface area contributed by atoms with E-state index in [0.29, 0.717) is 40.3 Å². The maximum Gasteiger partial charge on any atom is 0.341 e. The van der Waals surface area contributed by atoms with Crippen molar-refractivity contribution in [1.82, 2.24) is 39.4 Å². The van der Waals surface area contributed by atoms with Crippen molar-refractivity contribution in [3.8, 4) is 17.1 Å². The van der Waals surface area contributed by atoms with Gasteiger partial charge in [0.1, 0.15) is 11.9 Å². The second-order valence-electron chi connectivity index (χ2n) is 10.7. The van der Waals surface area contributed by atoms with Crippen LogP contribution in [0.2, 0.25) is 0 Å². The number of anilines is 4. The van der Waals surface area contributed by atoms with Crippen LogP contribution in [0.15, 0.2) is 43.1 Å². The first-order valence-electron chi connectivity index (χ1n) is 13.5. The molecule has 0 saturated carbocycles. The molecule has 0 amide bonds. The summed E-state index contributed by atoms with van der Waals surface area (Å²) < 4.78 is 9.12.